The van der Waals surface area contributed by atoms with Crippen molar-refractivity contribution in [2.24, 2.45) is 0 Å². The van der Waals surface area contributed by atoms with Crippen LogP contribution in [0, 0.1) is 0 Å². The molecule has 0 saturated heterocycles. The second kappa shape index (κ2) is 4.92. The maximum absolute atomic E-state index is 11.8. The number of sulfonamides is 1. The maximum Gasteiger partial charge on any atom is 0.237 e. The van der Waals surface area contributed by atoms with Crippen molar-refractivity contribution < 1.29 is 8.42 Å². The summed E-state index contributed by atoms with van der Waals surface area (Å²) in [5, 5.41) is 0. The molecule has 0 radical (unpaired) electrons. The van der Waals surface area contributed by atoms with Gasteiger partial charge >= 0.3 is 0 Å². The highest BCUT2D eigenvalue weighted by molar-refractivity contribution is 7.91. The molecule has 88 valence electrons. The van der Waals surface area contributed by atoms with Crippen LogP contribution in [0.1, 0.15) is 5.56 Å². The minimum Gasteiger partial charge on any atom is -0.280 e. The highest BCUT2D eigenvalue weighted by atomic mass is 32.2. The highest BCUT2D eigenvalue weighted by Gasteiger charge is 2.11. The number of aromatic nitrogens is 2. The van der Waals surface area contributed by atoms with E-state index in [2.05, 4.69) is 14.7 Å². The molecule has 1 N–H and O–H groups in total. The second-order valence-electron chi connectivity index (χ2n) is 3.47. The van der Waals surface area contributed by atoms with E-state index in [1.165, 1.54) is 18.7 Å². The molecule has 6 heteroatoms. The summed E-state index contributed by atoms with van der Waals surface area (Å²) >= 11 is 0. The van der Waals surface area contributed by atoms with Crippen LogP contribution in [0.25, 0.3) is 0 Å². The molecular weight excluding hydrogens is 238 g/mol. The molecular formula is C11H11N3O2S. The third kappa shape index (κ3) is 3.53. The van der Waals surface area contributed by atoms with Gasteiger partial charge in [0.25, 0.3) is 0 Å². The predicted octanol–water partition coefficient (Wildman–Crippen LogP) is 1.42. The molecule has 0 spiro atoms. The van der Waals surface area contributed by atoms with Crippen LogP contribution in [0.2, 0.25) is 0 Å². The summed E-state index contributed by atoms with van der Waals surface area (Å²) in [5.74, 6) is -0.0667. The van der Waals surface area contributed by atoms with Crippen LogP contribution >= 0.6 is 0 Å². The summed E-state index contributed by atoms with van der Waals surface area (Å²) in [6.45, 7) is 0. The zero-order valence-electron chi connectivity index (χ0n) is 8.95. The monoisotopic (exact) mass is 249 g/mol. The molecule has 1 aromatic carbocycles. The van der Waals surface area contributed by atoms with E-state index in [-0.39, 0.29) is 5.75 Å². The topological polar surface area (TPSA) is 72.0 Å². The van der Waals surface area contributed by atoms with Crippen LogP contribution in [-0.2, 0) is 15.8 Å². The van der Waals surface area contributed by atoms with Crippen molar-refractivity contribution in [1.82, 2.24) is 9.97 Å². The average Bonchev–Trinajstić information content (AvgIpc) is 2.30. The van der Waals surface area contributed by atoms with Crippen molar-refractivity contribution in [2.75, 3.05) is 4.72 Å². The van der Waals surface area contributed by atoms with E-state index >= 15 is 0 Å². The molecule has 0 unspecified atom stereocenters. The largest absolute Gasteiger partial charge is 0.280 e. The Morgan fingerprint density at radius 2 is 1.71 bits per heavy atom. The van der Waals surface area contributed by atoms with Gasteiger partial charge in [-0.2, -0.15) is 0 Å². The zero-order chi connectivity index (χ0) is 12.1. The Labute approximate surface area is 99.6 Å². The first-order chi connectivity index (χ1) is 8.16. The number of benzene rings is 1. The van der Waals surface area contributed by atoms with Gasteiger partial charge in [-0.25, -0.2) is 18.4 Å². The van der Waals surface area contributed by atoms with Gasteiger partial charge in [0.05, 0.1) is 23.8 Å². The van der Waals surface area contributed by atoms with E-state index < -0.39 is 10.0 Å². The molecule has 0 saturated carbocycles. The van der Waals surface area contributed by atoms with Crippen LogP contribution in [0.5, 0.6) is 0 Å². The molecule has 0 bridgehead atoms. The van der Waals surface area contributed by atoms with Crippen LogP contribution in [0.4, 0.5) is 5.69 Å². The zero-order valence-corrected chi connectivity index (χ0v) is 9.76. The Kier molecular flexibility index (Phi) is 3.34. The molecule has 0 amide bonds. The molecule has 0 atom stereocenters. The van der Waals surface area contributed by atoms with E-state index in [9.17, 15) is 8.42 Å². The van der Waals surface area contributed by atoms with Gasteiger partial charge < -0.3 is 0 Å². The third-order valence-corrected chi connectivity index (χ3v) is 3.29. The van der Waals surface area contributed by atoms with E-state index in [1.807, 2.05) is 6.07 Å². The van der Waals surface area contributed by atoms with E-state index in [1.54, 1.807) is 24.3 Å². The smallest absolute Gasteiger partial charge is 0.237 e. The first-order valence-electron chi connectivity index (χ1n) is 4.95. The van der Waals surface area contributed by atoms with E-state index in [0.29, 0.717) is 5.69 Å². The number of hydrogen-bond acceptors (Lipinski definition) is 4. The fourth-order valence-corrected chi connectivity index (χ4v) is 2.53. The van der Waals surface area contributed by atoms with Crippen LogP contribution in [-0.4, -0.2) is 18.4 Å². The van der Waals surface area contributed by atoms with Gasteiger partial charge in [0.15, 0.2) is 0 Å². The van der Waals surface area contributed by atoms with Crippen molar-refractivity contribution in [3.8, 4) is 0 Å². The summed E-state index contributed by atoms with van der Waals surface area (Å²) in [5.41, 5.74) is 1.10. The van der Waals surface area contributed by atoms with Crippen LogP contribution in [0.3, 0.4) is 0 Å². The first kappa shape index (κ1) is 11.5. The molecule has 2 aromatic rings. The van der Waals surface area contributed by atoms with Gasteiger partial charge in [0.2, 0.25) is 10.0 Å². The SMILES string of the molecule is O=S(=O)(Cc1ccccc1)Nc1cncnc1. The van der Waals surface area contributed by atoms with Crippen molar-refractivity contribution in [3.05, 3.63) is 54.6 Å². The second-order valence-corrected chi connectivity index (χ2v) is 5.20. The summed E-state index contributed by atoms with van der Waals surface area (Å²) in [4.78, 5) is 7.48. The minimum absolute atomic E-state index is 0.0667. The lowest BCUT2D eigenvalue weighted by molar-refractivity contribution is 0.600. The Morgan fingerprint density at radius 3 is 2.35 bits per heavy atom. The molecule has 0 fully saturated rings. The van der Waals surface area contributed by atoms with Gasteiger partial charge in [-0.1, -0.05) is 30.3 Å². The van der Waals surface area contributed by atoms with Crippen molar-refractivity contribution in [1.29, 1.82) is 0 Å². The molecule has 1 aromatic heterocycles. The Hall–Kier alpha value is -1.95. The highest BCUT2D eigenvalue weighted by Crippen LogP contribution is 2.09. The number of nitrogens with zero attached hydrogens (tertiary/aromatic N) is 2. The summed E-state index contributed by atoms with van der Waals surface area (Å²) < 4.78 is 26.0. The molecule has 1 heterocycles. The number of nitrogens with one attached hydrogen (secondary N) is 1. The minimum atomic E-state index is -3.42. The fourth-order valence-electron chi connectivity index (χ4n) is 1.36. The molecule has 0 aliphatic heterocycles. The molecule has 5 nitrogen and oxygen atoms in total. The summed E-state index contributed by atoms with van der Waals surface area (Å²) in [7, 11) is -3.42. The van der Waals surface area contributed by atoms with Gasteiger partial charge in [-0.05, 0) is 5.56 Å². The van der Waals surface area contributed by atoms with Gasteiger partial charge in [-0.3, -0.25) is 4.72 Å². The Balaban J connectivity index is 2.11. The first-order valence-corrected chi connectivity index (χ1v) is 6.60. The Morgan fingerprint density at radius 1 is 1.06 bits per heavy atom. The predicted molar refractivity (Wildman–Crippen MR) is 64.7 cm³/mol. The Bertz CT molecular complexity index is 523. The van der Waals surface area contributed by atoms with E-state index in [0.717, 1.165) is 5.56 Å². The standard InChI is InChI=1S/C11H11N3O2S/c15-17(16,8-10-4-2-1-3-5-10)14-11-6-12-9-13-7-11/h1-7,9,14H,8H2. The third-order valence-electron chi connectivity index (χ3n) is 2.03. The number of anilines is 1. The lowest BCUT2D eigenvalue weighted by Crippen LogP contribution is -2.15. The van der Waals surface area contributed by atoms with Crippen LogP contribution in [0.15, 0.2) is 49.1 Å². The average molecular weight is 249 g/mol. The molecule has 2 rings (SSSR count). The van der Waals surface area contributed by atoms with Gasteiger partial charge in [-0.15, -0.1) is 0 Å². The van der Waals surface area contributed by atoms with Crippen molar-refractivity contribution in [2.45, 2.75) is 5.75 Å². The van der Waals surface area contributed by atoms with Gasteiger partial charge in [0, 0.05) is 0 Å². The van der Waals surface area contributed by atoms with Gasteiger partial charge in [0.1, 0.15) is 6.33 Å². The maximum atomic E-state index is 11.8. The van der Waals surface area contributed by atoms with Crippen LogP contribution < -0.4 is 4.72 Å². The number of rotatable bonds is 4. The summed E-state index contributed by atoms with van der Waals surface area (Å²) in [6, 6.07) is 8.98. The number of hydrogen-bond donors (Lipinski definition) is 1. The van der Waals surface area contributed by atoms with Crippen molar-refractivity contribution in [3.63, 3.8) is 0 Å². The molecule has 0 aliphatic carbocycles. The fraction of sp³-hybridized carbons (Fsp3) is 0.0909. The lowest BCUT2D eigenvalue weighted by Gasteiger charge is -2.06. The van der Waals surface area contributed by atoms with Crippen molar-refractivity contribution >= 4 is 15.7 Å². The molecule has 0 aliphatic rings. The van der Waals surface area contributed by atoms with E-state index in [4.69, 9.17) is 0 Å². The lowest BCUT2D eigenvalue weighted by atomic mass is 10.2. The quantitative estimate of drug-likeness (QED) is 0.889. The molecule has 17 heavy (non-hydrogen) atoms. The normalized spacial score (nSPS) is 11.1. The summed E-state index contributed by atoms with van der Waals surface area (Å²) in [6.07, 6.45) is 4.17.